The summed E-state index contributed by atoms with van der Waals surface area (Å²) in [5, 5.41) is 0. The van der Waals surface area contributed by atoms with Gasteiger partial charge in [0.25, 0.3) is 10.0 Å². The van der Waals surface area contributed by atoms with Gasteiger partial charge in [0.2, 0.25) is 0 Å². The molecule has 0 bridgehead atoms. The van der Waals surface area contributed by atoms with Gasteiger partial charge < -0.3 is 0 Å². The summed E-state index contributed by atoms with van der Waals surface area (Å²) < 4.78 is 27.5. The van der Waals surface area contributed by atoms with E-state index in [4.69, 9.17) is 11.6 Å². The molecule has 0 aliphatic heterocycles. The van der Waals surface area contributed by atoms with Gasteiger partial charge in [-0.2, -0.15) is 0 Å². The van der Waals surface area contributed by atoms with Gasteiger partial charge in [0.15, 0.2) is 0 Å². The lowest BCUT2D eigenvalue weighted by Crippen LogP contribution is -2.11. The van der Waals surface area contributed by atoms with Crippen LogP contribution in [0.1, 0.15) is 25.3 Å². The van der Waals surface area contributed by atoms with Crippen LogP contribution in [0, 0.1) is 0 Å². The van der Waals surface area contributed by atoms with E-state index in [1.54, 1.807) is 12.1 Å². The highest BCUT2D eigenvalue weighted by atomic mass is 35.5. The van der Waals surface area contributed by atoms with Crippen molar-refractivity contribution in [1.82, 2.24) is 0 Å². The molecule has 0 saturated carbocycles. The SMILES string of the molecule is CC(C)c1cccc(NS(=O)(=O)c2ccc(Cl)s2)c1. The minimum absolute atomic E-state index is 0.215. The van der Waals surface area contributed by atoms with Gasteiger partial charge in [0, 0.05) is 5.69 Å². The zero-order valence-electron chi connectivity index (χ0n) is 10.6. The highest BCUT2D eigenvalue weighted by Gasteiger charge is 2.16. The Morgan fingerprint density at radius 3 is 2.53 bits per heavy atom. The van der Waals surface area contributed by atoms with Gasteiger partial charge in [-0.15, -0.1) is 11.3 Å². The molecule has 2 aromatic rings. The van der Waals surface area contributed by atoms with Crippen molar-refractivity contribution in [3.63, 3.8) is 0 Å². The van der Waals surface area contributed by atoms with Crippen molar-refractivity contribution >= 4 is 38.6 Å². The number of hydrogen-bond acceptors (Lipinski definition) is 3. The van der Waals surface area contributed by atoms with Crippen LogP contribution in [0.25, 0.3) is 0 Å². The Morgan fingerprint density at radius 1 is 1.21 bits per heavy atom. The lowest BCUT2D eigenvalue weighted by molar-refractivity contribution is 0.603. The first-order chi connectivity index (χ1) is 8.88. The molecule has 1 N–H and O–H groups in total. The lowest BCUT2D eigenvalue weighted by atomic mass is 10.0. The third-order valence-electron chi connectivity index (χ3n) is 2.62. The van der Waals surface area contributed by atoms with Gasteiger partial charge in [0.1, 0.15) is 4.21 Å². The van der Waals surface area contributed by atoms with Crippen molar-refractivity contribution in [2.45, 2.75) is 24.0 Å². The maximum absolute atomic E-state index is 12.1. The summed E-state index contributed by atoms with van der Waals surface area (Å²) in [5.74, 6) is 0.348. The lowest BCUT2D eigenvalue weighted by Gasteiger charge is -2.10. The molecule has 0 saturated heterocycles. The van der Waals surface area contributed by atoms with Gasteiger partial charge >= 0.3 is 0 Å². The summed E-state index contributed by atoms with van der Waals surface area (Å²) in [4.78, 5) is 0. The summed E-state index contributed by atoms with van der Waals surface area (Å²) in [7, 11) is -3.55. The molecule has 0 radical (unpaired) electrons. The number of hydrogen-bond donors (Lipinski definition) is 1. The number of benzene rings is 1. The van der Waals surface area contributed by atoms with Crippen LogP contribution in [0.5, 0.6) is 0 Å². The predicted octanol–water partition coefficient (Wildman–Crippen LogP) is 4.33. The van der Waals surface area contributed by atoms with Crippen LogP contribution in [0.4, 0.5) is 5.69 Å². The van der Waals surface area contributed by atoms with Gasteiger partial charge in [-0.05, 0) is 35.7 Å². The number of thiophene rings is 1. The molecule has 3 nitrogen and oxygen atoms in total. The molecule has 0 atom stereocenters. The summed E-state index contributed by atoms with van der Waals surface area (Å²) in [6.07, 6.45) is 0. The molecule has 0 fully saturated rings. The maximum atomic E-state index is 12.1. The number of rotatable bonds is 4. The average Bonchev–Trinajstić information content (AvgIpc) is 2.76. The highest BCUT2D eigenvalue weighted by Crippen LogP contribution is 2.28. The first kappa shape index (κ1) is 14.4. The van der Waals surface area contributed by atoms with E-state index in [0.29, 0.717) is 15.9 Å². The highest BCUT2D eigenvalue weighted by molar-refractivity contribution is 7.94. The van der Waals surface area contributed by atoms with E-state index in [9.17, 15) is 8.42 Å². The molecule has 2 rings (SSSR count). The maximum Gasteiger partial charge on any atom is 0.271 e. The molecule has 0 amide bonds. The third kappa shape index (κ3) is 3.49. The molecule has 6 heteroatoms. The largest absolute Gasteiger partial charge is 0.279 e. The van der Waals surface area contributed by atoms with E-state index in [-0.39, 0.29) is 4.21 Å². The van der Waals surface area contributed by atoms with Crippen LogP contribution in [-0.4, -0.2) is 8.42 Å². The van der Waals surface area contributed by atoms with Crippen molar-refractivity contribution in [3.8, 4) is 0 Å². The molecule has 19 heavy (non-hydrogen) atoms. The van der Waals surface area contributed by atoms with Crippen molar-refractivity contribution in [2.24, 2.45) is 0 Å². The molecular weight excluding hydrogens is 302 g/mol. The molecule has 0 unspecified atom stereocenters. The second-order valence-corrected chi connectivity index (χ2v) is 8.07. The Balaban J connectivity index is 2.28. The van der Waals surface area contributed by atoms with Crippen LogP contribution >= 0.6 is 22.9 Å². The van der Waals surface area contributed by atoms with E-state index in [2.05, 4.69) is 18.6 Å². The smallest absolute Gasteiger partial charge is 0.271 e. The van der Waals surface area contributed by atoms with E-state index in [0.717, 1.165) is 16.9 Å². The molecule has 102 valence electrons. The fourth-order valence-corrected chi connectivity index (χ4v) is 4.14. The second-order valence-electron chi connectivity index (χ2n) is 4.44. The van der Waals surface area contributed by atoms with Gasteiger partial charge in [-0.3, -0.25) is 4.72 Å². The van der Waals surface area contributed by atoms with Crippen LogP contribution in [0.2, 0.25) is 4.34 Å². The van der Waals surface area contributed by atoms with Crippen molar-refractivity contribution < 1.29 is 8.42 Å². The number of halogens is 1. The molecule has 1 aromatic carbocycles. The van der Waals surface area contributed by atoms with Gasteiger partial charge in [0.05, 0.1) is 4.34 Å². The molecule has 0 spiro atoms. The van der Waals surface area contributed by atoms with E-state index < -0.39 is 10.0 Å². The number of nitrogens with one attached hydrogen (secondary N) is 1. The summed E-state index contributed by atoms with van der Waals surface area (Å²) in [6, 6.07) is 10.5. The van der Waals surface area contributed by atoms with E-state index in [1.165, 1.54) is 6.07 Å². The van der Waals surface area contributed by atoms with Gasteiger partial charge in [-0.25, -0.2) is 8.42 Å². The Labute approximate surface area is 122 Å². The van der Waals surface area contributed by atoms with Crippen molar-refractivity contribution in [1.29, 1.82) is 0 Å². The zero-order valence-corrected chi connectivity index (χ0v) is 12.9. The van der Waals surface area contributed by atoms with Crippen LogP contribution < -0.4 is 4.72 Å². The first-order valence-electron chi connectivity index (χ1n) is 5.76. The Hall–Kier alpha value is -1.04. The topological polar surface area (TPSA) is 46.2 Å². The fraction of sp³-hybridized carbons (Fsp3) is 0.231. The molecule has 0 aliphatic carbocycles. The van der Waals surface area contributed by atoms with Crippen LogP contribution in [0.15, 0.2) is 40.6 Å². The third-order valence-corrected chi connectivity index (χ3v) is 5.72. The quantitative estimate of drug-likeness (QED) is 0.913. The Kier molecular flexibility index (Phi) is 4.18. The molecule has 1 aromatic heterocycles. The number of sulfonamides is 1. The zero-order chi connectivity index (χ0) is 14.0. The summed E-state index contributed by atoms with van der Waals surface area (Å²) in [5.41, 5.74) is 1.65. The standard InChI is InChI=1S/C13H14ClNO2S2/c1-9(2)10-4-3-5-11(8-10)15-19(16,17)13-7-6-12(14)18-13/h3-9,15H,1-2H3. The average molecular weight is 316 g/mol. The minimum atomic E-state index is -3.55. The van der Waals surface area contributed by atoms with Crippen LogP contribution in [-0.2, 0) is 10.0 Å². The summed E-state index contributed by atoms with van der Waals surface area (Å²) in [6.45, 7) is 4.12. The van der Waals surface area contributed by atoms with Crippen LogP contribution in [0.3, 0.4) is 0 Å². The first-order valence-corrected chi connectivity index (χ1v) is 8.44. The fourth-order valence-electron chi connectivity index (χ4n) is 1.61. The molecular formula is C13H14ClNO2S2. The minimum Gasteiger partial charge on any atom is -0.279 e. The number of anilines is 1. The predicted molar refractivity (Wildman–Crippen MR) is 80.7 cm³/mol. The molecule has 0 aliphatic rings. The summed E-state index contributed by atoms with van der Waals surface area (Å²) >= 11 is 6.80. The van der Waals surface area contributed by atoms with E-state index >= 15 is 0 Å². The molecule has 1 heterocycles. The monoisotopic (exact) mass is 315 g/mol. The van der Waals surface area contributed by atoms with Gasteiger partial charge in [-0.1, -0.05) is 37.6 Å². The van der Waals surface area contributed by atoms with Crippen molar-refractivity contribution in [2.75, 3.05) is 4.72 Å². The Morgan fingerprint density at radius 2 is 1.95 bits per heavy atom. The van der Waals surface area contributed by atoms with Crippen molar-refractivity contribution in [3.05, 3.63) is 46.3 Å². The second kappa shape index (κ2) is 5.53. The van der Waals surface area contributed by atoms with E-state index in [1.807, 2.05) is 18.2 Å². The normalized spacial score (nSPS) is 11.8. The Bertz CT molecular complexity index is 677.